The van der Waals surface area contributed by atoms with Gasteiger partial charge in [0.25, 0.3) is 0 Å². The van der Waals surface area contributed by atoms with Gasteiger partial charge in [-0.05, 0) is 50.6 Å². The zero-order valence-electron chi connectivity index (χ0n) is 15.6. The molecule has 2 nitrogen and oxygen atoms in total. The van der Waals surface area contributed by atoms with Gasteiger partial charge in [0.1, 0.15) is 5.75 Å². The first-order valence-corrected chi connectivity index (χ1v) is 8.87. The summed E-state index contributed by atoms with van der Waals surface area (Å²) in [4.78, 5) is 1.98. The summed E-state index contributed by atoms with van der Waals surface area (Å²) in [7, 11) is 1.93. The number of ether oxygens (including phenoxy) is 1. The summed E-state index contributed by atoms with van der Waals surface area (Å²) in [5.74, 6) is 0.147. The van der Waals surface area contributed by atoms with Crippen LogP contribution in [0.25, 0.3) is 0 Å². The van der Waals surface area contributed by atoms with E-state index in [-0.39, 0.29) is 5.75 Å². The third kappa shape index (κ3) is 7.95. The molecule has 0 bridgehead atoms. The molecule has 1 aromatic carbocycles. The molecule has 0 saturated carbocycles. The van der Waals surface area contributed by atoms with Crippen LogP contribution in [-0.2, 0) is 0 Å². The van der Waals surface area contributed by atoms with Gasteiger partial charge in [0.05, 0.1) is 0 Å². The normalized spacial score (nSPS) is 12.8. The molecule has 0 unspecified atom stereocenters. The molecule has 0 fully saturated rings. The molecule has 0 spiro atoms. The summed E-state index contributed by atoms with van der Waals surface area (Å²) in [5, 5.41) is 0. The molecular formula is C19H28BrF2NO. The number of benzene rings is 1. The van der Waals surface area contributed by atoms with Crippen molar-refractivity contribution in [2.24, 2.45) is 0 Å². The summed E-state index contributed by atoms with van der Waals surface area (Å²) in [6.07, 6.45) is -0.147. The van der Waals surface area contributed by atoms with Crippen LogP contribution in [0.1, 0.15) is 48.0 Å². The van der Waals surface area contributed by atoms with Gasteiger partial charge in [-0.2, -0.15) is 8.78 Å². The lowest BCUT2D eigenvalue weighted by molar-refractivity contribution is -0.158. The van der Waals surface area contributed by atoms with E-state index in [1.165, 1.54) is 5.57 Å². The summed E-state index contributed by atoms with van der Waals surface area (Å²) >= 11 is 3.56. The Hall–Kier alpha value is -1.36. The zero-order chi connectivity index (χ0) is 18.9. The molecule has 0 radical (unpaired) electrons. The highest BCUT2D eigenvalue weighted by atomic mass is 79.9. The van der Waals surface area contributed by atoms with Gasteiger partial charge in [0.2, 0.25) is 0 Å². The van der Waals surface area contributed by atoms with Crippen LogP contribution in [0, 0.1) is 0 Å². The molecule has 0 saturated heterocycles. The largest absolute Gasteiger partial charge is 0.433 e. The van der Waals surface area contributed by atoms with Crippen LogP contribution in [0.15, 0.2) is 46.1 Å². The average Bonchev–Trinajstić information content (AvgIpc) is 2.54. The van der Waals surface area contributed by atoms with Gasteiger partial charge in [0.15, 0.2) is 0 Å². The van der Waals surface area contributed by atoms with Gasteiger partial charge in [-0.3, -0.25) is 0 Å². The van der Waals surface area contributed by atoms with Gasteiger partial charge in [-0.25, -0.2) is 0 Å². The number of allylic oxidation sites excluding steroid dienone is 4. The van der Waals surface area contributed by atoms with E-state index in [0.29, 0.717) is 0 Å². The number of anilines is 1. The highest BCUT2D eigenvalue weighted by molar-refractivity contribution is 9.11. The Bertz CT molecular complexity index is 560. The van der Waals surface area contributed by atoms with Crippen LogP contribution in [0.4, 0.5) is 14.5 Å². The predicted octanol–water partition coefficient (Wildman–Crippen LogP) is 7.12. The lowest BCUT2D eigenvalue weighted by Gasteiger charge is -2.21. The van der Waals surface area contributed by atoms with Crippen molar-refractivity contribution in [3.05, 3.63) is 46.1 Å². The molecule has 136 valence electrons. The molecule has 0 aromatic heterocycles. The molecule has 1 aromatic rings. The van der Waals surface area contributed by atoms with E-state index in [9.17, 15) is 8.78 Å². The standard InChI is InChI=1S/C17H22BrF2NO.C2H6/c1-6-12(2)16(18)11-13(3)21(5)14-7-9-15(10-8-14)22-17(4,19)20;1-2/h7-11H,6H2,1-5H3;1-2H3/b13-11-,16-12-;. The van der Waals surface area contributed by atoms with Crippen molar-refractivity contribution >= 4 is 21.6 Å². The van der Waals surface area contributed by atoms with Crippen molar-refractivity contribution in [3.8, 4) is 5.75 Å². The van der Waals surface area contributed by atoms with E-state index < -0.39 is 6.11 Å². The van der Waals surface area contributed by atoms with Gasteiger partial charge >= 0.3 is 6.11 Å². The summed E-state index contributed by atoms with van der Waals surface area (Å²) in [6, 6.07) is 6.59. The molecule has 0 atom stereocenters. The highest BCUT2D eigenvalue weighted by Crippen LogP contribution is 2.26. The maximum atomic E-state index is 12.8. The fourth-order valence-corrected chi connectivity index (χ4v) is 2.33. The molecule has 0 aliphatic carbocycles. The number of nitrogens with zero attached hydrogens (tertiary/aromatic N) is 1. The van der Waals surface area contributed by atoms with Crippen LogP contribution in [0.3, 0.4) is 0 Å². The topological polar surface area (TPSA) is 12.5 Å². The first-order valence-electron chi connectivity index (χ1n) is 8.08. The first kappa shape index (κ1) is 22.6. The minimum absolute atomic E-state index is 0.147. The number of hydrogen-bond acceptors (Lipinski definition) is 2. The molecular weight excluding hydrogens is 376 g/mol. The molecule has 0 aliphatic rings. The number of rotatable bonds is 6. The van der Waals surface area contributed by atoms with Crippen molar-refractivity contribution in [2.45, 2.75) is 54.1 Å². The fourth-order valence-electron chi connectivity index (χ4n) is 1.72. The Morgan fingerprint density at radius 2 is 1.71 bits per heavy atom. The third-order valence-electron chi connectivity index (χ3n) is 3.32. The first-order chi connectivity index (χ1) is 11.1. The Morgan fingerprint density at radius 3 is 2.12 bits per heavy atom. The molecule has 0 amide bonds. The molecule has 5 heteroatoms. The second kappa shape index (κ2) is 10.5. The summed E-state index contributed by atoms with van der Waals surface area (Å²) in [5.41, 5.74) is 3.20. The maximum Gasteiger partial charge on any atom is 0.394 e. The smallest absolute Gasteiger partial charge is 0.394 e. The van der Waals surface area contributed by atoms with Crippen LogP contribution in [0.5, 0.6) is 5.75 Å². The lowest BCUT2D eigenvalue weighted by atomic mass is 10.2. The fraction of sp³-hybridized carbons (Fsp3) is 0.474. The van der Waals surface area contributed by atoms with Crippen molar-refractivity contribution in [3.63, 3.8) is 0 Å². The van der Waals surface area contributed by atoms with Crippen molar-refractivity contribution in [1.29, 1.82) is 0 Å². The lowest BCUT2D eigenvalue weighted by Crippen LogP contribution is -2.19. The molecule has 1 rings (SSSR count). The highest BCUT2D eigenvalue weighted by Gasteiger charge is 2.22. The number of halogens is 3. The monoisotopic (exact) mass is 403 g/mol. The Labute approximate surface area is 153 Å². The average molecular weight is 404 g/mol. The van der Waals surface area contributed by atoms with E-state index in [4.69, 9.17) is 0 Å². The van der Waals surface area contributed by atoms with Crippen LogP contribution in [0.2, 0.25) is 0 Å². The maximum absolute atomic E-state index is 12.8. The second-order valence-corrected chi connectivity index (χ2v) is 6.08. The summed E-state index contributed by atoms with van der Waals surface area (Å²) in [6.45, 7) is 10.9. The van der Waals surface area contributed by atoms with E-state index in [0.717, 1.165) is 29.2 Å². The minimum atomic E-state index is -3.17. The Morgan fingerprint density at radius 1 is 1.21 bits per heavy atom. The van der Waals surface area contributed by atoms with Gasteiger partial charge in [-0.15, -0.1) is 0 Å². The minimum Gasteiger partial charge on any atom is -0.433 e. The van der Waals surface area contributed by atoms with E-state index in [1.54, 1.807) is 24.3 Å². The third-order valence-corrected chi connectivity index (χ3v) is 4.23. The van der Waals surface area contributed by atoms with Gasteiger partial charge < -0.3 is 9.64 Å². The van der Waals surface area contributed by atoms with E-state index in [2.05, 4.69) is 34.5 Å². The van der Waals surface area contributed by atoms with Crippen molar-refractivity contribution in [1.82, 2.24) is 0 Å². The van der Waals surface area contributed by atoms with Gasteiger partial charge in [0, 0.05) is 29.8 Å². The molecule has 0 N–H and O–H groups in total. The SMILES string of the molecule is CC.CC/C(C)=C(Br)/C=C(/C)N(C)c1ccc(OC(C)(F)F)cc1. The van der Waals surface area contributed by atoms with E-state index >= 15 is 0 Å². The molecule has 0 aliphatic heterocycles. The molecule has 0 heterocycles. The van der Waals surface area contributed by atoms with Crippen molar-refractivity contribution in [2.75, 3.05) is 11.9 Å². The summed E-state index contributed by atoms with van der Waals surface area (Å²) < 4.78 is 31.2. The van der Waals surface area contributed by atoms with Gasteiger partial charge in [-0.1, -0.05) is 42.3 Å². The zero-order valence-corrected chi connectivity index (χ0v) is 17.2. The number of hydrogen-bond donors (Lipinski definition) is 0. The van der Waals surface area contributed by atoms with Crippen LogP contribution < -0.4 is 9.64 Å². The quantitative estimate of drug-likeness (QED) is 0.468. The van der Waals surface area contributed by atoms with E-state index in [1.807, 2.05) is 38.8 Å². The Balaban J connectivity index is 0.00000254. The Kier molecular flexibility index (Phi) is 9.90. The second-order valence-electron chi connectivity index (χ2n) is 5.23. The van der Waals surface area contributed by atoms with Crippen LogP contribution >= 0.6 is 15.9 Å². The predicted molar refractivity (Wildman–Crippen MR) is 103 cm³/mol. The van der Waals surface area contributed by atoms with Crippen LogP contribution in [-0.4, -0.2) is 13.2 Å². The molecule has 24 heavy (non-hydrogen) atoms. The number of alkyl halides is 2. The van der Waals surface area contributed by atoms with Crippen molar-refractivity contribution < 1.29 is 13.5 Å².